The van der Waals surface area contributed by atoms with Crippen molar-refractivity contribution in [1.82, 2.24) is 0 Å². The van der Waals surface area contributed by atoms with Crippen LogP contribution < -0.4 is 0 Å². The summed E-state index contributed by atoms with van der Waals surface area (Å²) in [5, 5.41) is 9.07. The third-order valence-corrected chi connectivity index (χ3v) is 1.66. The van der Waals surface area contributed by atoms with Crippen molar-refractivity contribution in [3.05, 3.63) is 12.2 Å². The van der Waals surface area contributed by atoms with Gasteiger partial charge in [-0.2, -0.15) is 0 Å². The zero-order valence-electron chi connectivity index (χ0n) is 7.17. The second kappa shape index (κ2) is 5.48. The molecule has 0 saturated heterocycles. The lowest BCUT2D eigenvalue weighted by atomic mass is 10.1. The van der Waals surface area contributed by atoms with Gasteiger partial charge in [-0.3, -0.25) is 0 Å². The van der Waals surface area contributed by atoms with Crippen LogP contribution in [-0.4, -0.2) is 11.2 Å². The minimum Gasteiger partial charge on any atom is -0.393 e. The lowest BCUT2D eigenvalue weighted by Gasteiger charge is -2.07. The molecule has 0 aliphatic rings. The maximum Gasteiger partial charge on any atom is 0.0572 e. The molecule has 0 aliphatic heterocycles. The van der Waals surface area contributed by atoms with Crippen molar-refractivity contribution in [3.63, 3.8) is 0 Å². The summed E-state index contributed by atoms with van der Waals surface area (Å²) in [6.07, 6.45) is 6.30. The number of aliphatic hydroxyl groups excluding tert-OH is 1. The summed E-state index contributed by atoms with van der Waals surface area (Å²) < 4.78 is 0. The molecule has 2 unspecified atom stereocenters. The first-order chi connectivity index (χ1) is 4.68. The molecule has 0 amide bonds. The summed E-state index contributed by atoms with van der Waals surface area (Å²) in [7, 11) is 0. The zero-order valence-corrected chi connectivity index (χ0v) is 7.17. The zero-order chi connectivity index (χ0) is 7.98. The third-order valence-electron chi connectivity index (χ3n) is 1.66. The number of unbranched alkanes of at least 4 members (excludes halogenated alkanes) is 1. The number of allylic oxidation sites excluding steroid dienone is 1. The van der Waals surface area contributed by atoms with Crippen molar-refractivity contribution < 1.29 is 5.11 Å². The maximum absolute atomic E-state index is 9.07. The van der Waals surface area contributed by atoms with Gasteiger partial charge in [-0.1, -0.05) is 32.4 Å². The van der Waals surface area contributed by atoms with E-state index in [4.69, 9.17) is 5.11 Å². The van der Waals surface area contributed by atoms with Crippen LogP contribution in [0.25, 0.3) is 0 Å². The molecule has 1 nitrogen and oxygen atoms in total. The quantitative estimate of drug-likeness (QED) is 0.597. The Balaban J connectivity index is 3.45. The van der Waals surface area contributed by atoms with Crippen molar-refractivity contribution in [2.75, 3.05) is 0 Å². The van der Waals surface area contributed by atoms with E-state index in [-0.39, 0.29) is 6.10 Å². The molecule has 0 spiro atoms. The Bertz CT molecular complexity index is 94.9. The van der Waals surface area contributed by atoms with E-state index in [1.807, 2.05) is 13.8 Å². The highest BCUT2D eigenvalue weighted by Crippen LogP contribution is 2.04. The van der Waals surface area contributed by atoms with E-state index in [1.54, 1.807) is 0 Å². The Morgan fingerprint density at radius 2 is 2.00 bits per heavy atom. The summed E-state index contributed by atoms with van der Waals surface area (Å²) >= 11 is 0. The topological polar surface area (TPSA) is 20.2 Å². The molecule has 10 heavy (non-hydrogen) atoms. The molecule has 2 atom stereocenters. The van der Waals surface area contributed by atoms with Crippen LogP contribution in [0.15, 0.2) is 12.2 Å². The predicted octanol–water partition coefficient (Wildman–Crippen LogP) is 2.36. The van der Waals surface area contributed by atoms with Gasteiger partial charge in [-0.05, 0) is 19.3 Å². The Morgan fingerprint density at radius 3 is 2.40 bits per heavy atom. The summed E-state index contributed by atoms with van der Waals surface area (Å²) in [5.74, 6) is 0.298. The smallest absolute Gasteiger partial charge is 0.0572 e. The van der Waals surface area contributed by atoms with Gasteiger partial charge in [0.2, 0.25) is 0 Å². The van der Waals surface area contributed by atoms with Crippen LogP contribution in [0.5, 0.6) is 0 Å². The predicted molar refractivity (Wildman–Crippen MR) is 44.9 cm³/mol. The van der Waals surface area contributed by atoms with E-state index in [1.165, 1.54) is 6.42 Å². The Morgan fingerprint density at radius 1 is 1.40 bits per heavy atom. The first kappa shape index (κ1) is 9.70. The van der Waals surface area contributed by atoms with E-state index in [2.05, 4.69) is 19.1 Å². The lowest BCUT2D eigenvalue weighted by molar-refractivity contribution is 0.157. The van der Waals surface area contributed by atoms with Gasteiger partial charge in [-0.15, -0.1) is 0 Å². The standard InChI is InChI=1S/C9H18O/c1-4-5-6-7-8(2)9(3)10/h6-10H,4-5H2,1-3H3/b7-6+. The molecule has 0 heterocycles. The highest BCUT2D eigenvalue weighted by molar-refractivity contribution is 4.88. The van der Waals surface area contributed by atoms with E-state index in [9.17, 15) is 0 Å². The van der Waals surface area contributed by atoms with Gasteiger partial charge in [0.15, 0.2) is 0 Å². The number of hydrogen-bond acceptors (Lipinski definition) is 1. The van der Waals surface area contributed by atoms with Gasteiger partial charge in [0, 0.05) is 0 Å². The highest BCUT2D eigenvalue weighted by Gasteiger charge is 2.02. The normalized spacial score (nSPS) is 17.6. The second-order valence-electron chi connectivity index (χ2n) is 2.82. The second-order valence-corrected chi connectivity index (χ2v) is 2.82. The summed E-state index contributed by atoms with van der Waals surface area (Å²) in [6.45, 7) is 6.00. The summed E-state index contributed by atoms with van der Waals surface area (Å²) in [4.78, 5) is 0. The SMILES string of the molecule is CCC/C=C/C(C)C(C)O. The molecule has 0 aromatic rings. The molecule has 0 aliphatic carbocycles. The summed E-state index contributed by atoms with van der Waals surface area (Å²) in [5.41, 5.74) is 0. The molecular formula is C9H18O. The first-order valence-electron chi connectivity index (χ1n) is 4.03. The molecule has 0 bridgehead atoms. The van der Waals surface area contributed by atoms with Crippen LogP contribution in [0.4, 0.5) is 0 Å². The largest absolute Gasteiger partial charge is 0.393 e. The van der Waals surface area contributed by atoms with Crippen molar-refractivity contribution >= 4 is 0 Å². The Labute approximate surface area is 63.8 Å². The minimum absolute atomic E-state index is 0.215. The van der Waals surface area contributed by atoms with Crippen LogP contribution in [0, 0.1) is 5.92 Å². The van der Waals surface area contributed by atoms with E-state index < -0.39 is 0 Å². The number of hydrogen-bond donors (Lipinski definition) is 1. The van der Waals surface area contributed by atoms with Crippen molar-refractivity contribution in [2.45, 2.75) is 39.7 Å². The highest BCUT2D eigenvalue weighted by atomic mass is 16.3. The minimum atomic E-state index is -0.215. The van der Waals surface area contributed by atoms with Crippen LogP contribution in [0.3, 0.4) is 0 Å². The van der Waals surface area contributed by atoms with Gasteiger partial charge in [0.25, 0.3) is 0 Å². The fourth-order valence-electron chi connectivity index (χ4n) is 0.638. The third kappa shape index (κ3) is 4.57. The van der Waals surface area contributed by atoms with Crippen LogP contribution >= 0.6 is 0 Å². The van der Waals surface area contributed by atoms with Crippen molar-refractivity contribution in [3.8, 4) is 0 Å². The molecule has 1 heteroatoms. The number of rotatable bonds is 4. The lowest BCUT2D eigenvalue weighted by Crippen LogP contribution is -2.09. The molecule has 0 rings (SSSR count). The average Bonchev–Trinajstić information content (AvgIpc) is 1.88. The molecule has 0 fully saturated rings. The maximum atomic E-state index is 9.07. The first-order valence-corrected chi connectivity index (χ1v) is 4.03. The monoisotopic (exact) mass is 142 g/mol. The van der Waals surface area contributed by atoms with Gasteiger partial charge in [0.05, 0.1) is 6.10 Å². The molecule has 0 aromatic carbocycles. The van der Waals surface area contributed by atoms with Crippen LogP contribution in [0.2, 0.25) is 0 Å². The molecular weight excluding hydrogens is 124 g/mol. The van der Waals surface area contributed by atoms with Crippen LogP contribution in [0.1, 0.15) is 33.6 Å². The van der Waals surface area contributed by atoms with Gasteiger partial charge >= 0.3 is 0 Å². The average molecular weight is 142 g/mol. The van der Waals surface area contributed by atoms with Crippen molar-refractivity contribution in [2.24, 2.45) is 5.92 Å². The van der Waals surface area contributed by atoms with Crippen molar-refractivity contribution in [1.29, 1.82) is 0 Å². The van der Waals surface area contributed by atoms with E-state index in [0.717, 1.165) is 6.42 Å². The molecule has 0 radical (unpaired) electrons. The van der Waals surface area contributed by atoms with E-state index in [0.29, 0.717) is 5.92 Å². The van der Waals surface area contributed by atoms with E-state index >= 15 is 0 Å². The van der Waals surface area contributed by atoms with Gasteiger partial charge in [-0.25, -0.2) is 0 Å². The Hall–Kier alpha value is -0.300. The molecule has 0 aromatic heterocycles. The Kier molecular flexibility index (Phi) is 5.32. The van der Waals surface area contributed by atoms with Gasteiger partial charge < -0.3 is 5.11 Å². The van der Waals surface area contributed by atoms with Gasteiger partial charge in [0.1, 0.15) is 0 Å². The fraction of sp³-hybridized carbons (Fsp3) is 0.778. The number of aliphatic hydroxyl groups is 1. The molecule has 0 saturated carbocycles. The summed E-state index contributed by atoms with van der Waals surface area (Å²) in [6, 6.07) is 0. The van der Waals surface area contributed by atoms with Crippen LogP contribution in [-0.2, 0) is 0 Å². The molecule has 60 valence electrons. The molecule has 1 N–H and O–H groups in total. The fourth-order valence-corrected chi connectivity index (χ4v) is 0.638.